The summed E-state index contributed by atoms with van der Waals surface area (Å²) >= 11 is 5.87. The van der Waals surface area contributed by atoms with Crippen LogP contribution >= 0.6 is 11.6 Å². The van der Waals surface area contributed by atoms with Gasteiger partial charge in [0.25, 0.3) is 0 Å². The summed E-state index contributed by atoms with van der Waals surface area (Å²) in [6.07, 6.45) is -3.72. The zero-order chi connectivity index (χ0) is 17.9. The maximum atomic E-state index is 12.9. The lowest BCUT2D eigenvalue weighted by Gasteiger charge is -2.24. The van der Waals surface area contributed by atoms with Gasteiger partial charge in [-0.15, -0.1) is 11.6 Å². The minimum absolute atomic E-state index is 0.0769. The topological polar surface area (TPSA) is 12.5 Å². The van der Waals surface area contributed by atoms with Crippen LogP contribution in [-0.4, -0.2) is 23.4 Å². The number of nitrogens with zero attached hydrogens (tertiary/aromatic N) is 1. The minimum Gasteiger partial charge on any atom is -0.489 e. The number of para-hydroxylation sites is 1. The van der Waals surface area contributed by atoms with Gasteiger partial charge in [0, 0.05) is 31.1 Å². The van der Waals surface area contributed by atoms with Crippen molar-refractivity contribution in [2.24, 2.45) is 0 Å². The number of alkyl halides is 4. The molecule has 1 aliphatic heterocycles. The Morgan fingerprint density at radius 2 is 1.92 bits per heavy atom. The Balaban J connectivity index is 1.81. The van der Waals surface area contributed by atoms with E-state index in [1.807, 2.05) is 24.3 Å². The molecule has 0 amide bonds. The van der Waals surface area contributed by atoms with E-state index in [0.29, 0.717) is 37.5 Å². The molecule has 0 N–H and O–H groups in total. The van der Waals surface area contributed by atoms with Crippen LogP contribution in [0.5, 0.6) is 5.75 Å². The summed E-state index contributed by atoms with van der Waals surface area (Å²) in [5.74, 6) is 1.30. The van der Waals surface area contributed by atoms with Crippen LogP contribution in [0.15, 0.2) is 48.5 Å². The molecule has 1 aliphatic rings. The van der Waals surface area contributed by atoms with E-state index >= 15 is 0 Å². The average molecular weight is 370 g/mol. The SMILES string of the molecule is FC(F)(F)c1cccc(CN2Cc3ccccc3OC(CCCl)C2)c1. The summed E-state index contributed by atoms with van der Waals surface area (Å²) in [7, 11) is 0. The summed E-state index contributed by atoms with van der Waals surface area (Å²) in [5.41, 5.74) is 1.05. The first kappa shape index (κ1) is 18.1. The Hall–Kier alpha value is -1.72. The molecule has 0 spiro atoms. The van der Waals surface area contributed by atoms with Gasteiger partial charge in [0.05, 0.1) is 5.56 Å². The van der Waals surface area contributed by atoms with Gasteiger partial charge in [-0.3, -0.25) is 4.90 Å². The number of hydrogen-bond donors (Lipinski definition) is 0. The van der Waals surface area contributed by atoms with Gasteiger partial charge in [-0.1, -0.05) is 36.4 Å². The molecule has 0 fully saturated rings. The molecule has 2 aromatic carbocycles. The number of hydrogen-bond acceptors (Lipinski definition) is 2. The first-order chi connectivity index (χ1) is 12.0. The number of rotatable bonds is 4. The molecule has 0 radical (unpaired) electrons. The molecule has 25 heavy (non-hydrogen) atoms. The van der Waals surface area contributed by atoms with Gasteiger partial charge >= 0.3 is 6.18 Å². The first-order valence-electron chi connectivity index (χ1n) is 8.15. The molecule has 1 heterocycles. The zero-order valence-corrected chi connectivity index (χ0v) is 14.4. The summed E-state index contributed by atoms with van der Waals surface area (Å²) in [5, 5.41) is 0. The number of fused-ring (bicyclic) bond motifs is 1. The van der Waals surface area contributed by atoms with Crippen molar-refractivity contribution in [1.29, 1.82) is 0 Å². The second-order valence-electron chi connectivity index (χ2n) is 6.19. The highest BCUT2D eigenvalue weighted by Crippen LogP contribution is 2.31. The lowest BCUT2D eigenvalue weighted by atomic mass is 10.1. The van der Waals surface area contributed by atoms with Gasteiger partial charge in [-0.2, -0.15) is 13.2 Å². The molecular formula is C19H19ClF3NO. The van der Waals surface area contributed by atoms with E-state index in [9.17, 15) is 13.2 Å². The molecule has 1 atom stereocenters. The maximum Gasteiger partial charge on any atom is 0.416 e. The van der Waals surface area contributed by atoms with Crippen molar-refractivity contribution in [1.82, 2.24) is 4.90 Å². The third-order valence-corrected chi connectivity index (χ3v) is 4.43. The summed E-state index contributed by atoms with van der Waals surface area (Å²) < 4.78 is 44.8. The van der Waals surface area contributed by atoms with E-state index in [1.165, 1.54) is 12.1 Å². The van der Waals surface area contributed by atoms with Crippen molar-refractivity contribution in [2.45, 2.75) is 31.8 Å². The van der Waals surface area contributed by atoms with E-state index in [2.05, 4.69) is 4.90 Å². The van der Waals surface area contributed by atoms with Crippen LogP contribution in [0.1, 0.15) is 23.1 Å². The lowest BCUT2D eigenvalue weighted by Crippen LogP contribution is -2.32. The molecule has 0 saturated carbocycles. The Bertz CT molecular complexity index is 720. The molecule has 0 aromatic heterocycles. The monoisotopic (exact) mass is 369 g/mol. The Morgan fingerprint density at radius 3 is 2.68 bits per heavy atom. The van der Waals surface area contributed by atoms with Gasteiger partial charge in [0.1, 0.15) is 11.9 Å². The third kappa shape index (κ3) is 4.67. The second-order valence-corrected chi connectivity index (χ2v) is 6.57. The maximum absolute atomic E-state index is 12.9. The molecular weight excluding hydrogens is 351 g/mol. The van der Waals surface area contributed by atoms with Gasteiger partial charge in [0.15, 0.2) is 0 Å². The van der Waals surface area contributed by atoms with Crippen LogP contribution in [0.3, 0.4) is 0 Å². The molecule has 2 nitrogen and oxygen atoms in total. The molecule has 6 heteroatoms. The predicted molar refractivity (Wildman–Crippen MR) is 91.8 cm³/mol. The highest BCUT2D eigenvalue weighted by atomic mass is 35.5. The second kappa shape index (κ2) is 7.67. The van der Waals surface area contributed by atoms with Crippen LogP contribution in [0, 0.1) is 0 Å². The summed E-state index contributed by atoms with van der Waals surface area (Å²) in [6.45, 7) is 1.68. The zero-order valence-electron chi connectivity index (χ0n) is 13.6. The molecule has 0 aliphatic carbocycles. The van der Waals surface area contributed by atoms with Crippen molar-refractivity contribution in [3.63, 3.8) is 0 Å². The molecule has 2 aromatic rings. The number of halogens is 4. The normalized spacial score (nSPS) is 18.3. The smallest absolute Gasteiger partial charge is 0.416 e. The quantitative estimate of drug-likeness (QED) is 0.695. The van der Waals surface area contributed by atoms with E-state index in [-0.39, 0.29) is 6.10 Å². The van der Waals surface area contributed by atoms with Crippen molar-refractivity contribution < 1.29 is 17.9 Å². The van der Waals surface area contributed by atoms with Gasteiger partial charge in [0.2, 0.25) is 0 Å². The van der Waals surface area contributed by atoms with Crippen LogP contribution in [-0.2, 0) is 19.3 Å². The number of ether oxygens (including phenoxy) is 1. The summed E-state index contributed by atoms with van der Waals surface area (Å²) in [6, 6.07) is 13.3. The van der Waals surface area contributed by atoms with Gasteiger partial charge in [-0.05, 0) is 24.1 Å². The fraction of sp³-hybridized carbons (Fsp3) is 0.368. The highest BCUT2D eigenvalue weighted by Gasteiger charge is 2.30. The minimum atomic E-state index is -4.33. The van der Waals surface area contributed by atoms with Gasteiger partial charge in [-0.25, -0.2) is 0 Å². The fourth-order valence-corrected chi connectivity index (χ4v) is 3.30. The van der Waals surface area contributed by atoms with Crippen molar-refractivity contribution in [2.75, 3.05) is 12.4 Å². The Labute approximate surface area is 150 Å². The molecule has 1 unspecified atom stereocenters. The predicted octanol–water partition coefficient (Wildman–Crippen LogP) is 5.10. The highest BCUT2D eigenvalue weighted by molar-refractivity contribution is 6.17. The average Bonchev–Trinajstić information content (AvgIpc) is 2.73. The van der Waals surface area contributed by atoms with E-state index in [4.69, 9.17) is 16.3 Å². The van der Waals surface area contributed by atoms with Crippen LogP contribution in [0.4, 0.5) is 13.2 Å². The molecule has 0 bridgehead atoms. The molecule has 0 saturated heterocycles. The third-order valence-electron chi connectivity index (χ3n) is 4.21. The molecule has 134 valence electrons. The van der Waals surface area contributed by atoms with Crippen LogP contribution in [0.2, 0.25) is 0 Å². The molecule has 3 rings (SSSR count). The van der Waals surface area contributed by atoms with Crippen molar-refractivity contribution >= 4 is 11.6 Å². The van der Waals surface area contributed by atoms with Crippen molar-refractivity contribution in [3.8, 4) is 5.75 Å². The largest absolute Gasteiger partial charge is 0.489 e. The fourth-order valence-electron chi connectivity index (χ4n) is 3.06. The van der Waals surface area contributed by atoms with Gasteiger partial charge < -0.3 is 4.74 Å². The Morgan fingerprint density at radius 1 is 1.12 bits per heavy atom. The summed E-state index contributed by atoms with van der Waals surface area (Å²) in [4.78, 5) is 2.11. The van der Waals surface area contributed by atoms with Crippen LogP contribution in [0.25, 0.3) is 0 Å². The first-order valence-corrected chi connectivity index (χ1v) is 8.68. The Kier molecular flexibility index (Phi) is 5.54. The number of benzene rings is 2. The van der Waals surface area contributed by atoms with E-state index < -0.39 is 11.7 Å². The van der Waals surface area contributed by atoms with E-state index in [0.717, 1.165) is 17.4 Å². The standard InChI is InChI=1S/C19H19ClF3NO/c20-9-8-17-13-24(12-15-5-1-2-7-18(15)25-17)11-14-4-3-6-16(10-14)19(21,22)23/h1-7,10,17H,8-9,11-13H2. The lowest BCUT2D eigenvalue weighted by molar-refractivity contribution is -0.137. The van der Waals surface area contributed by atoms with Crippen LogP contribution < -0.4 is 4.74 Å². The van der Waals surface area contributed by atoms with E-state index in [1.54, 1.807) is 6.07 Å². The van der Waals surface area contributed by atoms with Crippen molar-refractivity contribution in [3.05, 3.63) is 65.2 Å².